The molecule has 0 unspecified atom stereocenters. The second-order valence-corrected chi connectivity index (χ2v) is 6.72. The van der Waals surface area contributed by atoms with Gasteiger partial charge in [-0.25, -0.2) is 4.39 Å². The topological polar surface area (TPSA) is 27.7 Å². The number of rotatable bonds is 5. The van der Waals surface area contributed by atoms with E-state index in [1.807, 2.05) is 6.07 Å². The van der Waals surface area contributed by atoms with Crippen molar-refractivity contribution >= 4 is 5.69 Å². The van der Waals surface area contributed by atoms with Crippen molar-refractivity contribution in [1.82, 2.24) is 10.2 Å². The molecule has 0 radical (unpaired) electrons. The Labute approximate surface area is 138 Å². The number of morpholine rings is 1. The number of hydrogen-bond donors (Lipinski definition) is 1. The zero-order valence-corrected chi connectivity index (χ0v) is 14.0. The van der Waals surface area contributed by atoms with Crippen molar-refractivity contribution in [2.24, 2.45) is 0 Å². The Hall–Kier alpha value is -1.17. The SMILES string of the molecule is C[C@@H](CN1CCOCC1)NC1CCN(c2cccc(F)c2)CC1. The van der Waals surface area contributed by atoms with Crippen molar-refractivity contribution < 1.29 is 9.13 Å². The van der Waals surface area contributed by atoms with Crippen molar-refractivity contribution in [2.75, 3.05) is 50.8 Å². The van der Waals surface area contributed by atoms with Crippen LogP contribution in [0.3, 0.4) is 0 Å². The molecule has 0 saturated carbocycles. The van der Waals surface area contributed by atoms with E-state index in [-0.39, 0.29) is 5.82 Å². The van der Waals surface area contributed by atoms with Crippen LogP contribution in [0.25, 0.3) is 0 Å². The lowest BCUT2D eigenvalue weighted by molar-refractivity contribution is 0.0337. The summed E-state index contributed by atoms with van der Waals surface area (Å²) in [7, 11) is 0. The summed E-state index contributed by atoms with van der Waals surface area (Å²) < 4.78 is 18.7. The van der Waals surface area contributed by atoms with Gasteiger partial charge in [0.25, 0.3) is 0 Å². The summed E-state index contributed by atoms with van der Waals surface area (Å²) in [5.74, 6) is -0.151. The van der Waals surface area contributed by atoms with Gasteiger partial charge >= 0.3 is 0 Å². The van der Waals surface area contributed by atoms with Gasteiger partial charge < -0.3 is 15.0 Å². The highest BCUT2D eigenvalue weighted by Crippen LogP contribution is 2.21. The molecule has 1 N–H and O–H groups in total. The van der Waals surface area contributed by atoms with E-state index in [0.717, 1.165) is 64.5 Å². The van der Waals surface area contributed by atoms with E-state index >= 15 is 0 Å². The fraction of sp³-hybridized carbons (Fsp3) is 0.667. The average molecular weight is 321 g/mol. The second kappa shape index (κ2) is 8.08. The molecule has 5 heteroatoms. The van der Waals surface area contributed by atoms with Crippen LogP contribution in [0.4, 0.5) is 10.1 Å². The molecule has 2 aliphatic heterocycles. The fourth-order valence-corrected chi connectivity index (χ4v) is 3.60. The normalized spacial score (nSPS) is 22.3. The molecule has 1 atom stereocenters. The summed E-state index contributed by atoms with van der Waals surface area (Å²) in [5, 5.41) is 3.77. The van der Waals surface area contributed by atoms with E-state index in [1.54, 1.807) is 12.1 Å². The third-order valence-electron chi connectivity index (χ3n) is 4.82. The molecule has 2 saturated heterocycles. The minimum absolute atomic E-state index is 0.151. The van der Waals surface area contributed by atoms with Crippen LogP contribution < -0.4 is 10.2 Å². The molecule has 0 spiro atoms. The van der Waals surface area contributed by atoms with E-state index in [4.69, 9.17) is 4.74 Å². The molecule has 1 aromatic carbocycles. The monoisotopic (exact) mass is 321 g/mol. The molecule has 2 aliphatic rings. The molecule has 2 heterocycles. The van der Waals surface area contributed by atoms with E-state index < -0.39 is 0 Å². The zero-order chi connectivity index (χ0) is 16.1. The summed E-state index contributed by atoms with van der Waals surface area (Å²) in [6.07, 6.45) is 2.23. The van der Waals surface area contributed by atoms with Crippen LogP contribution in [-0.2, 0) is 4.74 Å². The number of ether oxygens (including phenoxy) is 1. The predicted molar refractivity (Wildman–Crippen MR) is 91.5 cm³/mol. The Bertz CT molecular complexity index is 485. The molecule has 0 aliphatic carbocycles. The molecular formula is C18H28FN3O. The highest BCUT2D eigenvalue weighted by Gasteiger charge is 2.22. The van der Waals surface area contributed by atoms with Gasteiger partial charge in [0.05, 0.1) is 13.2 Å². The van der Waals surface area contributed by atoms with Crippen LogP contribution in [0.2, 0.25) is 0 Å². The predicted octanol–water partition coefficient (Wildman–Crippen LogP) is 2.10. The third kappa shape index (κ3) is 4.90. The number of piperidine rings is 1. The molecular weight excluding hydrogens is 293 g/mol. The first-order valence-electron chi connectivity index (χ1n) is 8.77. The van der Waals surface area contributed by atoms with Gasteiger partial charge in [-0.05, 0) is 38.0 Å². The lowest BCUT2D eigenvalue weighted by atomic mass is 10.0. The van der Waals surface area contributed by atoms with Crippen molar-refractivity contribution in [2.45, 2.75) is 31.8 Å². The van der Waals surface area contributed by atoms with Gasteiger partial charge in [0, 0.05) is 50.5 Å². The van der Waals surface area contributed by atoms with E-state index in [2.05, 4.69) is 22.0 Å². The van der Waals surface area contributed by atoms with E-state index in [0.29, 0.717) is 12.1 Å². The number of halogens is 1. The molecule has 1 aromatic rings. The lowest BCUT2D eigenvalue weighted by Crippen LogP contribution is -2.50. The molecule has 0 bridgehead atoms. The Kier molecular flexibility index (Phi) is 5.86. The van der Waals surface area contributed by atoms with Crippen LogP contribution >= 0.6 is 0 Å². The maximum Gasteiger partial charge on any atom is 0.125 e. The highest BCUT2D eigenvalue weighted by atomic mass is 19.1. The Morgan fingerprint density at radius 1 is 1.22 bits per heavy atom. The van der Waals surface area contributed by atoms with Crippen molar-refractivity contribution in [1.29, 1.82) is 0 Å². The van der Waals surface area contributed by atoms with Crippen LogP contribution in [0, 0.1) is 5.82 Å². The Morgan fingerprint density at radius 3 is 2.65 bits per heavy atom. The summed E-state index contributed by atoms with van der Waals surface area (Å²) in [5.41, 5.74) is 1.00. The van der Waals surface area contributed by atoms with Gasteiger partial charge in [0.2, 0.25) is 0 Å². The van der Waals surface area contributed by atoms with E-state index in [1.165, 1.54) is 6.07 Å². The van der Waals surface area contributed by atoms with Crippen molar-refractivity contribution in [3.05, 3.63) is 30.1 Å². The van der Waals surface area contributed by atoms with Crippen molar-refractivity contribution in [3.8, 4) is 0 Å². The Morgan fingerprint density at radius 2 is 1.96 bits per heavy atom. The largest absolute Gasteiger partial charge is 0.379 e. The van der Waals surface area contributed by atoms with Gasteiger partial charge in [-0.2, -0.15) is 0 Å². The maximum atomic E-state index is 13.3. The minimum atomic E-state index is -0.151. The summed E-state index contributed by atoms with van der Waals surface area (Å²) >= 11 is 0. The number of nitrogens with zero attached hydrogens (tertiary/aromatic N) is 2. The number of benzene rings is 1. The van der Waals surface area contributed by atoms with Gasteiger partial charge in [0.15, 0.2) is 0 Å². The molecule has 0 aromatic heterocycles. The lowest BCUT2D eigenvalue weighted by Gasteiger charge is -2.36. The summed E-state index contributed by atoms with van der Waals surface area (Å²) in [4.78, 5) is 4.76. The molecule has 2 fully saturated rings. The van der Waals surface area contributed by atoms with Crippen LogP contribution in [-0.4, -0.2) is 62.9 Å². The highest BCUT2D eigenvalue weighted by molar-refractivity contribution is 5.46. The molecule has 4 nitrogen and oxygen atoms in total. The minimum Gasteiger partial charge on any atom is -0.379 e. The quantitative estimate of drug-likeness (QED) is 0.899. The first-order chi connectivity index (χ1) is 11.2. The first-order valence-corrected chi connectivity index (χ1v) is 8.77. The van der Waals surface area contributed by atoms with Crippen LogP contribution in [0.1, 0.15) is 19.8 Å². The fourth-order valence-electron chi connectivity index (χ4n) is 3.60. The van der Waals surface area contributed by atoms with Crippen LogP contribution in [0.5, 0.6) is 0 Å². The maximum absolute atomic E-state index is 13.3. The van der Waals surface area contributed by atoms with E-state index in [9.17, 15) is 4.39 Å². The molecule has 3 rings (SSSR count). The number of nitrogens with one attached hydrogen (secondary N) is 1. The number of hydrogen-bond acceptors (Lipinski definition) is 4. The van der Waals surface area contributed by atoms with Gasteiger partial charge in [-0.3, -0.25) is 4.90 Å². The van der Waals surface area contributed by atoms with Gasteiger partial charge in [-0.15, -0.1) is 0 Å². The summed E-state index contributed by atoms with van der Waals surface area (Å²) in [6, 6.07) is 7.99. The standard InChI is InChI=1S/C18H28FN3O/c1-15(14-21-9-11-23-12-10-21)20-17-5-7-22(8-6-17)18-4-2-3-16(19)13-18/h2-4,13,15,17,20H,5-12,14H2,1H3/t15-/m0/s1. The second-order valence-electron chi connectivity index (χ2n) is 6.72. The third-order valence-corrected chi connectivity index (χ3v) is 4.82. The Balaban J connectivity index is 1.41. The average Bonchev–Trinajstić information content (AvgIpc) is 2.56. The molecule has 23 heavy (non-hydrogen) atoms. The van der Waals surface area contributed by atoms with Gasteiger partial charge in [-0.1, -0.05) is 6.07 Å². The first kappa shape index (κ1) is 16.7. The van der Waals surface area contributed by atoms with Crippen LogP contribution in [0.15, 0.2) is 24.3 Å². The van der Waals surface area contributed by atoms with Crippen molar-refractivity contribution in [3.63, 3.8) is 0 Å². The number of anilines is 1. The zero-order valence-electron chi connectivity index (χ0n) is 14.0. The molecule has 128 valence electrons. The summed E-state index contributed by atoms with van der Waals surface area (Å²) in [6.45, 7) is 9.16. The van der Waals surface area contributed by atoms with Gasteiger partial charge in [0.1, 0.15) is 5.82 Å². The smallest absolute Gasteiger partial charge is 0.125 e. The molecule has 0 amide bonds.